The van der Waals surface area contributed by atoms with Crippen LogP contribution < -0.4 is 15.5 Å². The molecule has 5 nitrogen and oxygen atoms in total. The maximum Gasteiger partial charge on any atom is 0.137 e. The van der Waals surface area contributed by atoms with E-state index in [4.69, 9.17) is 9.97 Å². The predicted octanol–water partition coefficient (Wildman–Crippen LogP) is 1.89. The monoisotopic (exact) mass is 275 g/mol. The number of piperazine rings is 1. The highest BCUT2D eigenvalue weighted by atomic mass is 15.2. The second-order valence-corrected chi connectivity index (χ2v) is 5.82. The molecule has 0 atom stereocenters. The van der Waals surface area contributed by atoms with E-state index in [1.807, 2.05) is 0 Å². The summed E-state index contributed by atoms with van der Waals surface area (Å²) in [6.07, 6.45) is 3.61. The summed E-state index contributed by atoms with van der Waals surface area (Å²) >= 11 is 0. The van der Waals surface area contributed by atoms with E-state index in [1.54, 1.807) is 0 Å². The molecule has 3 rings (SSSR count). The first-order valence-corrected chi connectivity index (χ1v) is 7.87. The zero-order chi connectivity index (χ0) is 13.9. The van der Waals surface area contributed by atoms with Crippen molar-refractivity contribution in [2.45, 2.75) is 39.0 Å². The molecule has 1 aromatic heterocycles. The molecule has 1 saturated heterocycles. The first-order valence-electron chi connectivity index (χ1n) is 7.87. The molecule has 0 aromatic carbocycles. The fraction of sp³-hybridized carbons (Fsp3) is 0.733. The van der Waals surface area contributed by atoms with Crippen LogP contribution in [-0.4, -0.2) is 42.7 Å². The molecule has 2 fully saturated rings. The summed E-state index contributed by atoms with van der Waals surface area (Å²) in [6.45, 7) is 9.46. The van der Waals surface area contributed by atoms with E-state index >= 15 is 0 Å². The van der Waals surface area contributed by atoms with Gasteiger partial charge in [-0.15, -0.1) is 0 Å². The van der Waals surface area contributed by atoms with E-state index in [0.717, 1.165) is 56.6 Å². The maximum absolute atomic E-state index is 4.87. The summed E-state index contributed by atoms with van der Waals surface area (Å²) in [5.74, 6) is 3.82. The van der Waals surface area contributed by atoms with Crippen molar-refractivity contribution < 1.29 is 0 Å². The van der Waals surface area contributed by atoms with Crippen LogP contribution in [-0.2, 0) is 0 Å². The van der Waals surface area contributed by atoms with Gasteiger partial charge in [-0.25, -0.2) is 9.97 Å². The van der Waals surface area contributed by atoms with Crippen LogP contribution in [0.25, 0.3) is 0 Å². The van der Waals surface area contributed by atoms with E-state index in [-0.39, 0.29) is 0 Å². The van der Waals surface area contributed by atoms with Gasteiger partial charge in [-0.2, -0.15) is 0 Å². The summed E-state index contributed by atoms with van der Waals surface area (Å²) in [4.78, 5) is 12.0. The zero-order valence-corrected chi connectivity index (χ0v) is 12.6. The lowest BCUT2D eigenvalue weighted by molar-refractivity contribution is 0.582. The third kappa shape index (κ3) is 2.87. The van der Waals surface area contributed by atoms with E-state index in [1.165, 1.54) is 18.4 Å². The van der Waals surface area contributed by atoms with Gasteiger partial charge in [-0.1, -0.05) is 6.92 Å². The summed E-state index contributed by atoms with van der Waals surface area (Å²) in [5, 5.41) is 6.87. The lowest BCUT2D eigenvalue weighted by Crippen LogP contribution is -2.44. The minimum absolute atomic E-state index is 0.597. The SMILES string of the molecule is CCCNc1nc(C2CC2)nc(N2CCNCC2)c1C. The van der Waals surface area contributed by atoms with E-state index < -0.39 is 0 Å². The molecule has 0 spiro atoms. The standard InChI is InChI=1S/C15H25N5/c1-3-6-17-13-11(2)15(20-9-7-16-8-10-20)19-14(18-13)12-4-5-12/h12,16H,3-10H2,1-2H3,(H,17,18,19). The van der Waals surface area contributed by atoms with Gasteiger partial charge in [0.25, 0.3) is 0 Å². The van der Waals surface area contributed by atoms with Crippen molar-refractivity contribution in [1.29, 1.82) is 0 Å². The van der Waals surface area contributed by atoms with Crippen molar-refractivity contribution in [3.05, 3.63) is 11.4 Å². The van der Waals surface area contributed by atoms with E-state index in [9.17, 15) is 0 Å². The Balaban J connectivity index is 1.91. The summed E-state index contributed by atoms with van der Waals surface area (Å²) in [6, 6.07) is 0. The lowest BCUT2D eigenvalue weighted by Gasteiger charge is -2.30. The van der Waals surface area contributed by atoms with Crippen LogP contribution in [0.1, 0.15) is 43.5 Å². The van der Waals surface area contributed by atoms with Crippen molar-refractivity contribution in [2.75, 3.05) is 42.9 Å². The molecule has 0 radical (unpaired) electrons. The normalized spacial score (nSPS) is 19.2. The van der Waals surface area contributed by atoms with Crippen molar-refractivity contribution in [3.8, 4) is 0 Å². The number of hydrogen-bond acceptors (Lipinski definition) is 5. The Bertz CT molecular complexity index is 464. The summed E-state index contributed by atoms with van der Waals surface area (Å²) < 4.78 is 0. The molecular formula is C15H25N5. The van der Waals surface area contributed by atoms with Crippen LogP contribution in [0, 0.1) is 6.92 Å². The highest BCUT2D eigenvalue weighted by Gasteiger charge is 2.29. The first kappa shape index (κ1) is 13.6. The topological polar surface area (TPSA) is 53.1 Å². The van der Waals surface area contributed by atoms with Crippen molar-refractivity contribution in [1.82, 2.24) is 15.3 Å². The summed E-state index contributed by atoms with van der Waals surface area (Å²) in [7, 11) is 0. The van der Waals surface area contributed by atoms with E-state index in [0.29, 0.717) is 5.92 Å². The van der Waals surface area contributed by atoms with Gasteiger partial charge in [0, 0.05) is 44.2 Å². The highest BCUT2D eigenvalue weighted by molar-refractivity contribution is 5.59. The van der Waals surface area contributed by atoms with Gasteiger partial charge >= 0.3 is 0 Å². The second-order valence-electron chi connectivity index (χ2n) is 5.82. The smallest absolute Gasteiger partial charge is 0.137 e. The number of nitrogens with zero attached hydrogens (tertiary/aromatic N) is 3. The fourth-order valence-electron chi connectivity index (χ4n) is 2.65. The zero-order valence-electron chi connectivity index (χ0n) is 12.6. The largest absolute Gasteiger partial charge is 0.370 e. The van der Waals surface area contributed by atoms with Gasteiger partial charge < -0.3 is 15.5 Å². The van der Waals surface area contributed by atoms with E-state index in [2.05, 4.69) is 29.4 Å². The number of hydrogen-bond donors (Lipinski definition) is 2. The van der Waals surface area contributed by atoms with Gasteiger partial charge in [0.15, 0.2) is 0 Å². The van der Waals surface area contributed by atoms with Crippen LogP contribution in [0.2, 0.25) is 0 Å². The molecule has 20 heavy (non-hydrogen) atoms. The minimum Gasteiger partial charge on any atom is -0.370 e. The molecular weight excluding hydrogens is 250 g/mol. The minimum atomic E-state index is 0.597. The maximum atomic E-state index is 4.87. The number of anilines is 2. The Morgan fingerprint density at radius 3 is 2.65 bits per heavy atom. The van der Waals surface area contributed by atoms with Gasteiger partial charge in [-0.3, -0.25) is 0 Å². The molecule has 2 N–H and O–H groups in total. The fourth-order valence-corrected chi connectivity index (χ4v) is 2.65. The quantitative estimate of drug-likeness (QED) is 0.859. The molecule has 2 heterocycles. The Kier molecular flexibility index (Phi) is 4.05. The molecule has 2 aliphatic rings. The number of rotatable bonds is 5. The number of aromatic nitrogens is 2. The molecule has 0 bridgehead atoms. The van der Waals surface area contributed by atoms with Crippen LogP contribution in [0.15, 0.2) is 0 Å². The van der Waals surface area contributed by atoms with Crippen molar-refractivity contribution >= 4 is 11.6 Å². The molecule has 5 heteroatoms. The van der Waals surface area contributed by atoms with Crippen LogP contribution in [0.4, 0.5) is 11.6 Å². The van der Waals surface area contributed by atoms with Crippen molar-refractivity contribution in [2.24, 2.45) is 0 Å². The van der Waals surface area contributed by atoms with Gasteiger partial charge in [0.05, 0.1) is 0 Å². The third-order valence-corrected chi connectivity index (χ3v) is 4.04. The average Bonchev–Trinajstić information content (AvgIpc) is 3.32. The molecule has 1 aliphatic carbocycles. The molecule has 1 aliphatic heterocycles. The lowest BCUT2D eigenvalue weighted by atomic mass is 10.2. The molecule has 1 saturated carbocycles. The molecule has 0 amide bonds. The average molecular weight is 275 g/mol. The highest BCUT2D eigenvalue weighted by Crippen LogP contribution is 2.40. The van der Waals surface area contributed by atoms with Gasteiger partial charge in [0.1, 0.15) is 17.5 Å². The Hall–Kier alpha value is -1.36. The third-order valence-electron chi connectivity index (χ3n) is 4.04. The van der Waals surface area contributed by atoms with Gasteiger partial charge in [0.2, 0.25) is 0 Å². The molecule has 1 aromatic rings. The first-order chi connectivity index (χ1) is 9.79. The Labute approximate surface area is 121 Å². The number of nitrogens with one attached hydrogen (secondary N) is 2. The van der Waals surface area contributed by atoms with Gasteiger partial charge in [-0.05, 0) is 26.2 Å². The predicted molar refractivity (Wildman–Crippen MR) is 82.6 cm³/mol. The Morgan fingerprint density at radius 1 is 1.25 bits per heavy atom. The van der Waals surface area contributed by atoms with Crippen LogP contribution in [0.3, 0.4) is 0 Å². The summed E-state index contributed by atoms with van der Waals surface area (Å²) in [5.41, 5.74) is 1.20. The van der Waals surface area contributed by atoms with Crippen LogP contribution in [0.5, 0.6) is 0 Å². The van der Waals surface area contributed by atoms with Crippen molar-refractivity contribution in [3.63, 3.8) is 0 Å². The Morgan fingerprint density at radius 2 is 2.00 bits per heavy atom. The molecule has 110 valence electrons. The molecule has 0 unspecified atom stereocenters. The second kappa shape index (κ2) is 5.95. The van der Waals surface area contributed by atoms with Crippen LogP contribution >= 0.6 is 0 Å².